The quantitative estimate of drug-likeness (QED) is 0.861. The predicted molar refractivity (Wildman–Crippen MR) is 68.8 cm³/mol. The molecular weight excluding hydrogens is 220 g/mol. The Hall–Kier alpha value is -0.450. The van der Waals surface area contributed by atoms with E-state index in [1.165, 1.54) is 9.88 Å². The Morgan fingerprint density at radius 1 is 1.50 bits per heavy atom. The Labute approximate surface area is 102 Å². The fraction of sp³-hybridized carbons (Fsp3) is 0.750. The van der Waals surface area contributed by atoms with Crippen LogP contribution in [0.15, 0.2) is 6.20 Å². The number of likely N-dealkylation sites (N-methyl/N-ethyl adjacent to an activating group) is 1. The highest BCUT2D eigenvalue weighted by Crippen LogP contribution is 2.22. The van der Waals surface area contributed by atoms with Crippen LogP contribution in [-0.2, 0) is 6.54 Å². The third-order valence-electron chi connectivity index (χ3n) is 2.15. The summed E-state index contributed by atoms with van der Waals surface area (Å²) >= 11 is 1.76. The predicted octanol–water partition coefficient (Wildman–Crippen LogP) is 2.47. The van der Waals surface area contributed by atoms with E-state index in [1.807, 2.05) is 27.1 Å². The van der Waals surface area contributed by atoms with Gasteiger partial charge in [0.2, 0.25) is 0 Å². The van der Waals surface area contributed by atoms with Crippen LogP contribution in [0.3, 0.4) is 0 Å². The second kappa shape index (κ2) is 5.25. The molecule has 3 nitrogen and oxygen atoms in total. The Kier molecular flexibility index (Phi) is 4.47. The molecule has 1 rings (SSSR count). The number of rotatable bonds is 5. The summed E-state index contributed by atoms with van der Waals surface area (Å²) in [7, 11) is 2.02. The molecule has 16 heavy (non-hydrogen) atoms. The first-order chi connectivity index (χ1) is 7.28. The van der Waals surface area contributed by atoms with Crippen LogP contribution >= 0.6 is 11.3 Å². The van der Waals surface area contributed by atoms with Gasteiger partial charge in [-0.15, -0.1) is 11.3 Å². The average Bonchev–Trinajstić information content (AvgIpc) is 2.48. The summed E-state index contributed by atoms with van der Waals surface area (Å²) < 4.78 is 0. The molecule has 0 saturated carbocycles. The van der Waals surface area contributed by atoms with Gasteiger partial charge in [-0.3, -0.25) is 4.90 Å². The highest BCUT2D eigenvalue weighted by molar-refractivity contribution is 7.11. The molecule has 1 N–H and O–H groups in total. The van der Waals surface area contributed by atoms with Crippen LogP contribution < -0.4 is 0 Å². The minimum Gasteiger partial charge on any atom is -0.389 e. The van der Waals surface area contributed by atoms with Crippen LogP contribution in [0.5, 0.6) is 0 Å². The summed E-state index contributed by atoms with van der Waals surface area (Å²) in [5.74, 6) is 0.498. The summed E-state index contributed by atoms with van der Waals surface area (Å²) in [6.45, 7) is 9.49. The minimum absolute atomic E-state index is 0.498. The molecule has 0 bridgehead atoms. The van der Waals surface area contributed by atoms with Gasteiger partial charge in [0.25, 0.3) is 0 Å². The summed E-state index contributed by atoms with van der Waals surface area (Å²) in [6, 6.07) is 0. The summed E-state index contributed by atoms with van der Waals surface area (Å²) in [6.07, 6.45) is 1.95. The zero-order chi connectivity index (χ0) is 12.3. The average molecular weight is 242 g/mol. The molecule has 4 heteroatoms. The molecule has 0 aliphatic heterocycles. The molecule has 0 spiro atoms. The monoisotopic (exact) mass is 242 g/mol. The van der Waals surface area contributed by atoms with E-state index in [0.717, 1.165) is 6.54 Å². The number of nitrogens with zero attached hydrogens (tertiary/aromatic N) is 2. The molecular formula is C12H22N2OS. The topological polar surface area (TPSA) is 36.4 Å². The van der Waals surface area contributed by atoms with Crippen molar-refractivity contribution < 1.29 is 5.11 Å². The van der Waals surface area contributed by atoms with Crippen LogP contribution in [0.25, 0.3) is 0 Å². The van der Waals surface area contributed by atoms with Gasteiger partial charge in [-0.1, -0.05) is 13.8 Å². The molecule has 0 saturated heterocycles. The maximum atomic E-state index is 9.71. The summed E-state index contributed by atoms with van der Waals surface area (Å²) in [5.41, 5.74) is -0.639. The van der Waals surface area contributed by atoms with Crippen molar-refractivity contribution in [2.45, 2.75) is 45.8 Å². The van der Waals surface area contributed by atoms with Gasteiger partial charge in [-0.2, -0.15) is 0 Å². The number of thiazole rings is 1. The molecule has 0 amide bonds. The fourth-order valence-electron chi connectivity index (χ4n) is 1.65. The number of hydrogen-bond donors (Lipinski definition) is 1. The van der Waals surface area contributed by atoms with Crippen LogP contribution in [0.2, 0.25) is 0 Å². The highest BCUT2D eigenvalue weighted by Gasteiger charge is 2.16. The third-order valence-corrected chi connectivity index (χ3v) is 3.43. The zero-order valence-electron chi connectivity index (χ0n) is 10.8. The van der Waals surface area contributed by atoms with E-state index >= 15 is 0 Å². The van der Waals surface area contributed by atoms with Gasteiger partial charge in [0, 0.05) is 30.1 Å². The highest BCUT2D eigenvalue weighted by atomic mass is 32.1. The normalized spacial score (nSPS) is 12.8. The van der Waals surface area contributed by atoms with Crippen LogP contribution in [0, 0.1) is 0 Å². The lowest BCUT2D eigenvalue weighted by Gasteiger charge is -2.24. The van der Waals surface area contributed by atoms with E-state index in [0.29, 0.717) is 12.5 Å². The van der Waals surface area contributed by atoms with E-state index in [9.17, 15) is 5.11 Å². The first-order valence-corrected chi connectivity index (χ1v) is 6.45. The standard InChI is InChI=1S/C12H22N2OS/c1-9(2)11-13-6-10(16-11)7-14(5)8-12(3,4)15/h6,9,15H,7-8H2,1-5H3. The Morgan fingerprint density at radius 2 is 2.12 bits per heavy atom. The van der Waals surface area contributed by atoms with E-state index in [2.05, 4.69) is 23.7 Å². The van der Waals surface area contributed by atoms with Crippen LogP contribution in [0.4, 0.5) is 0 Å². The number of aromatic nitrogens is 1. The van der Waals surface area contributed by atoms with E-state index in [1.54, 1.807) is 11.3 Å². The number of hydrogen-bond acceptors (Lipinski definition) is 4. The Balaban J connectivity index is 2.53. The lowest BCUT2D eigenvalue weighted by Crippen LogP contribution is -2.35. The first kappa shape index (κ1) is 13.6. The molecule has 0 unspecified atom stereocenters. The molecule has 92 valence electrons. The lowest BCUT2D eigenvalue weighted by molar-refractivity contribution is 0.0427. The smallest absolute Gasteiger partial charge is 0.0953 e. The fourth-order valence-corrected chi connectivity index (χ4v) is 2.65. The molecule has 1 aromatic rings. The maximum Gasteiger partial charge on any atom is 0.0953 e. The third kappa shape index (κ3) is 4.60. The minimum atomic E-state index is -0.639. The second-order valence-corrected chi connectivity index (χ2v) is 6.45. The van der Waals surface area contributed by atoms with E-state index in [4.69, 9.17) is 0 Å². The van der Waals surface area contributed by atoms with Crippen LogP contribution in [-0.4, -0.2) is 34.2 Å². The van der Waals surface area contributed by atoms with E-state index in [-0.39, 0.29) is 0 Å². The van der Waals surface area contributed by atoms with Gasteiger partial charge in [-0.25, -0.2) is 4.98 Å². The molecule has 0 radical (unpaired) electrons. The van der Waals surface area contributed by atoms with Gasteiger partial charge in [0.1, 0.15) is 0 Å². The summed E-state index contributed by atoms with van der Waals surface area (Å²) in [5, 5.41) is 10.9. The van der Waals surface area contributed by atoms with Crippen molar-refractivity contribution >= 4 is 11.3 Å². The maximum absolute atomic E-state index is 9.71. The van der Waals surface area contributed by atoms with Gasteiger partial charge < -0.3 is 5.11 Å². The SMILES string of the molecule is CC(C)c1ncc(CN(C)CC(C)(C)O)s1. The first-order valence-electron chi connectivity index (χ1n) is 5.63. The van der Waals surface area contributed by atoms with Crippen molar-refractivity contribution in [1.29, 1.82) is 0 Å². The molecule has 0 aromatic carbocycles. The van der Waals surface area contributed by atoms with Crippen molar-refractivity contribution in [3.05, 3.63) is 16.1 Å². The van der Waals surface area contributed by atoms with Crippen molar-refractivity contribution in [2.24, 2.45) is 0 Å². The largest absolute Gasteiger partial charge is 0.389 e. The van der Waals surface area contributed by atoms with E-state index < -0.39 is 5.60 Å². The molecule has 0 fully saturated rings. The second-order valence-electron chi connectivity index (χ2n) is 5.30. The van der Waals surface area contributed by atoms with Crippen molar-refractivity contribution in [2.75, 3.05) is 13.6 Å². The van der Waals surface area contributed by atoms with Gasteiger partial charge >= 0.3 is 0 Å². The lowest BCUT2D eigenvalue weighted by atomic mass is 10.1. The van der Waals surface area contributed by atoms with Crippen LogP contribution in [0.1, 0.15) is 43.5 Å². The molecule has 0 aliphatic carbocycles. The number of aliphatic hydroxyl groups is 1. The van der Waals surface area contributed by atoms with Gasteiger partial charge in [-0.05, 0) is 20.9 Å². The van der Waals surface area contributed by atoms with Crippen molar-refractivity contribution in [3.8, 4) is 0 Å². The van der Waals surface area contributed by atoms with Gasteiger partial charge in [0.15, 0.2) is 0 Å². The Bertz CT molecular complexity index is 328. The Morgan fingerprint density at radius 3 is 2.56 bits per heavy atom. The van der Waals surface area contributed by atoms with Crippen molar-refractivity contribution in [3.63, 3.8) is 0 Å². The molecule has 0 atom stereocenters. The molecule has 1 heterocycles. The molecule has 1 aromatic heterocycles. The summed E-state index contributed by atoms with van der Waals surface area (Å²) in [4.78, 5) is 7.78. The molecule has 0 aliphatic rings. The zero-order valence-corrected chi connectivity index (χ0v) is 11.6. The van der Waals surface area contributed by atoms with Gasteiger partial charge in [0.05, 0.1) is 10.6 Å². The van der Waals surface area contributed by atoms with Crippen molar-refractivity contribution in [1.82, 2.24) is 9.88 Å².